The maximum Gasteiger partial charge on any atom is 0.260 e. The molecule has 3 aromatic rings. The fourth-order valence-electron chi connectivity index (χ4n) is 3.40. The molecule has 0 unspecified atom stereocenters. The van der Waals surface area contributed by atoms with Crippen LogP contribution in [0.2, 0.25) is 0 Å². The Hall–Kier alpha value is -4.78. The summed E-state index contributed by atoms with van der Waals surface area (Å²) in [5, 5.41) is 8.01. The van der Waals surface area contributed by atoms with Gasteiger partial charge in [-0.15, -0.1) is 0 Å². The van der Waals surface area contributed by atoms with Crippen molar-refractivity contribution in [3.63, 3.8) is 0 Å². The molecule has 0 aliphatic rings. The molecule has 0 fully saturated rings. The van der Waals surface area contributed by atoms with Gasteiger partial charge in [0.05, 0.1) is 0 Å². The van der Waals surface area contributed by atoms with Gasteiger partial charge in [0, 0.05) is 57.9 Å². The number of rotatable bonds is 12. The number of H-pyrrole nitrogens is 3. The summed E-state index contributed by atoms with van der Waals surface area (Å²) in [6.07, 6.45) is 4.28. The predicted octanol–water partition coefficient (Wildman–Crippen LogP) is -1.36. The Morgan fingerprint density at radius 2 is 0.865 bits per heavy atom. The highest BCUT2D eigenvalue weighted by molar-refractivity contribution is 5.94. The smallest absolute Gasteiger partial charge is 0.260 e. The van der Waals surface area contributed by atoms with Gasteiger partial charge in [-0.3, -0.25) is 33.7 Å². The Morgan fingerprint density at radius 1 is 0.568 bits per heavy atom. The van der Waals surface area contributed by atoms with Gasteiger partial charge in [-0.05, 0) is 36.4 Å². The summed E-state index contributed by atoms with van der Waals surface area (Å²) < 4.78 is 0. The van der Waals surface area contributed by atoms with E-state index in [1.165, 1.54) is 36.8 Å². The van der Waals surface area contributed by atoms with Gasteiger partial charge in [0.25, 0.3) is 34.4 Å². The minimum atomic E-state index is -0.532. The van der Waals surface area contributed by atoms with E-state index in [0.29, 0.717) is 19.6 Å². The van der Waals surface area contributed by atoms with E-state index in [9.17, 15) is 28.8 Å². The van der Waals surface area contributed by atoms with Gasteiger partial charge in [0.1, 0.15) is 16.7 Å². The van der Waals surface area contributed by atoms with E-state index in [1.54, 1.807) is 18.2 Å². The van der Waals surface area contributed by atoms with Crippen molar-refractivity contribution in [1.29, 1.82) is 0 Å². The van der Waals surface area contributed by atoms with E-state index >= 15 is 0 Å². The van der Waals surface area contributed by atoms with Crippen molar-refractivity contribution in [2.75, 3.05) is 39.3 Å². The molecule has 0 aromatic carbocycles. The maximum absolute atomic E-state index is 12.3. The van der Waals surface area contributed by atoms with Crippen LogP contribution >= 0.6 is 0 Å². The number of aromatic nitrogens is 3. The van der Waals surface area contributed by atoms with Gasteiger partial charge in [0.2, 0.25) is 0 Å². The van der Waals surface area contributed by atoms with Crippen LogP contribution in [-0.2, 0) is 0 Å². The molecule has 0 radical (unpaired) electrons. The van der Waals surface area contributed by atoms with Gasteiger partial charge >= 0.3 is 0 Å². The summed E-state index contributed by atoms with van der Waals surface area (Å²) in [7, 11) is 0. The summed E-state index contributed by atoms with van der Waals surface area (Å²) in [6, 6.07) is 8.87. The first-order valence-electron chi connectivity index (χ1n) is 11.5. The minimum Gasteiger partial charge on any atom is -0.351 e. The topological polar surface area (TPSA) is 189 Å². The number of hydrogen-bond acceptors (Lipinski definition) is 7. The normalized spacial score (nSPS) is 10.6. The van der Waals surface area contributed by atoms with Gasteiger partial charge in [-0.1, -0.05) is 0 Å². The zero-order valence-corrected chi connectivity index (χ0v) is 19.8. The second kappa shape index (κ2) is 13.3. The van der Waals surface area contributed by atoms with E-state index in [0.717, 1.165) is 0 Å². The van der Waals surface area contributed by atoms with E-state index in [-0.39, 0.29) is 36.3 Å². The first-order valence-corrected chi connectivity index (χ1v) is 11.5. The zero-order chi connectivity index (χ0) is 26.6. The number of carbonyl (C=O) groups is 3. The molecular formula is C24H27N7O6. The van der Waals surface area contributed by atoms with Crippen LogP contribution in [0, 0.1) is 0 Å². The van der Waals surface area contributed by atoms with Crippen molar-refractivity contribution >= 4 is 17.7 Å². The van der Waals surface area contributed by atoms with Gasteiger partial charge in [0.15, 0.2) is 0 Å². The molecule has 13 nitrogen and oxygen atoms in total. The molecule has 0 aliphatic carbocycles. The molecule has 0 spiro atoms. The highest BCUT2D eigenvalue weighted by atomic mass is 16.2. The average molecular weight is 510 g/mol. The van der Waals surface area contributed by atoms with Crippen molar-refractivity contribution < 1.29 is 14.4 Å². The molecule has 3 amide bonds. The predicted molar refractivity (Wildman–Crippen MR) is 135 cm³/mol. The number of amides is 3. The molecule has 6 N–H and O–H groups in total. The lowest BCUT2D eigenvalue weighted by Crippen LogP contribution is -2.44. The lowest BCUT2D eigenvalue weighted by molar-refractivity contribution is 0.0947. The lowest BCUT2D eigenvalue weighted by Gasteiger charge is -2.23. The molecule has 37 heavy (non-hydrogen) atoms. The average Bonchev–Trinajstić information content (AvgIpc) is 2.89. The highest BCUT2D eigenvalue weighted by Gasteiger charge is 2.14. The van der Waals surface area contributed by atoms with E-state index in [1.807, 2.05) is 4.90 Å². The van der Waals surface area contributed by atoms with Crippen molar-refractivity contribution in [3.8, 4) is 0 Å². The number of pyridine rings is 3. The van der Waals surface area contributed by atoms with Crippen molar-refractivity contribution in [3.05, 3.63) is 103 Å². The molecule has 0 aliphatic heterocycles. The number of nitrogens with zero attached hydrogens (tertiary/aromatic N) is 1. The van der Waals surface area contributed by atoms with Crippen LogP contribution < -0.4 is 32.6 Å². The molecule has 0 saturated carbocycles. The van der Waals surface area contributed by atoms with Crippen LogP contribution in [0.3, 0.4) is 0 Å². The third kappa shape index (κ3) is 7.86. The first-order chi connectivity index (χ1) is 17.9. The molecule has 3 heterocycles. The quantitative estimate of drug-likeness (QED) is 0.174. The Bertz CT molecular complexity index is 1240. The second-order valence-corrected chi connectivity index (χ2v) is 7.85. The molecule has 0 bridgehead atoms. The van der Waals surface area contributed by atoms with Crippen LogP contribution in [-0.4, -0.2) is 76.8 Å². The fraction of sp³-hybridized carbons (Fsp3) is 0.250. The molecule has 0 saturated heterocycles. The number of carbonyl (C=O) groups excluding carboxylic acids is 3. The van der Waals surface area contributed by atoms with Crippen molar-refractivity contribution in [2.24, 2.45) is 0 Å². The van der Waals surface area contributed by atoms with Gasteiger partial charge in [-0.2, -0.15) is 0 Å². The third-order valence-corrected chi connectivity index (χ3v) is 5.33. The summed E-state index contributed by atoms with van der Waals surface area (Å²) >= 11 is 0. The number of aromatic amines is 3. The molecular weight excluding hydrogens is 482 g/mol. The molecule has 0 atom stereocenters. The summed E-state index contributed by atoms with van der Waals surface area (Å²) in [5.41, 5.74) is -1.57. The van der Waals surface area contributed by atoms with Crippen LogP contribution in [0.1, 0.15) is 31.1 Å². The third-order valence-electron chi connectivity index (χ3n) is 5.33. The van der Waals surface area contributed by atoms with E-state index in [4.69, 9.17) is 0 Å². The summed E-state index contributed by atoms with van der Waals surface area (Å²) in [5.74, 6) is -1.60. The first kappa shape index (κ1) is 26.8. The molecule has 3 aromatic heterocycles. The largest absolute Gasteiger partial charge is 0.351 e. The Labute approximate surface area is 210 Å². The van der Waals surface area contributed by atoms with E-state index < -0.39 is 34.4 Å². The Balaban J connectivity index is 1.55. The molecule has 3 rings (SSSR count). The number of hydrogen-bond donors (Lipinski definition) is 6. The Kier molecular flexibility index (Phi) is 9.67. The van der Waals surface area contributed by atoms with Crippen LogP contribution in [0.5, 0.6) is 0 Å². The second-order valence-electron chi connectivity index (χ2n) is 7.85. The van der Waals surface area contributed by atoms with Crippen LogP contribution in [0.4, 0.5) is 0 Å². The Morgan fingerprint density at radius 3 is 1.14 bits per heavy atom. The van der Waals surface area contributed by atoms with Gasteiger partial charge < -0.3 is 30.9 Å². The van der Waals surface area contributed by atoms with Crippen LogP contribution in [0.15, 0.2) is 69.4 Å². The SMILES string of the molecule is O=C(NCCN(CCNC(=O)c1ccc[nH]c1=O)CCNC(=O)c1ccc[nH]c1=O)c1ccc[nH]c1=O. The highest BCUT2D eigenvalue weighted by Crippen LogP contribution is 1.94. The van der Waals surface area contributed by atoms with Crippen molar-refractivity contribution in [1.82, 2.24) is 35.8 Å². The maximum atomic E-state index is 12.3. The van der Waals surface area contributed by atoms with E-state index in [2.05, 4.69) is 30.9 Å². The molecule has 194 valence electrons. The zero-order valence-electron chi connectivity index (χ0n) is 19.8. The fourth-order valence-corrected chi connectivity index (χ4v) is 3.40. The number of nitrogens with one attached hydrogen (secondary N) is 6. The summed E-state index contributed by atoms with van der Waals surface area (Å²) in [6.45, 7) is 1.56. The van der Waals surface area contributed by atoms with Crippen LogP contribution in [0.25, 0.3) is 0 Å². The monoisotopic (exact) mass is 509 g/mol. The minimum absolute atomic E-state index is 0.0188. The van der Waals surface area contributed by atoms with Crippen molar-refractivity contribution in [2.45, 2.75) is 0 Å². The molecule has 13 heteroatoms. The lowest BCUT2D eigenvalue weighted by atomic mass is 10.2. The van der Waals surface area contributed by atoms with Gasteiger partial charge in [-0.25, -0.2) is 0 Å². The standard InChI is InChI=1S/C24H27N7O6/c32-19-16(4-1-7-25-19)22(35)28-10-13-31(14-11-29-23(36)17-5-2-8-26-20(17)33)15-12-30-24(37)18-6-3-9-27-21(18)34/h1-9H,10-15H2,(H,25,32)(H,26,33)(H,27,34)(H,28,35)(H,29,36)(H,30,37). The summed E-state index contributed by atoms with van der Waals surface area (Å²) in [4.78, 5) is 81.5.